The molecule has 0 fully saturated rings. The molecule has 0 amide bonds. The van der Waals surface area contributed by atoms with Gasteiger partial charge in [-0.2, -0.15) is 0 Å². The Hall–Kier alpha value is -0.990. The quantitative estimate of drug-likeness (QED) is 0.597. The molecular weight excluding hydrogens is 156 g/mol. The number of carbonyl (C=O) groups is 1. The lowest BCUT2D eigenvalue weighted by Crippen LogP contribution is -2.34. The Labute approximate surface area is 72.4 Å². The maximum absolute atomic E-state index is 10.7. The van der Waals surface area contributed by atoms with Gasteiger partial charge in [-0.15, -0.1) is 0 Å². The highest BCUT2D eigenvalue weighted by Gasteiger charge is 2.32. The molecule has 1 aliphatic rings. The molecule has 3 nitrogen and oxygen atoms in total. The zero-order chi connectivity index (χ0) is 9.19. The average Bonchev–Trinajstić information content (AvgIpc) is 1.94. The monoisotopic (exact) mass is 170 g/mol. The van der Waals surface area contributed by atoms with E-state index in [0.29, 0.717) is 0 Å². The van der Waals surface area contributed by atoms with E-state index in [0.717, 1.165) is 18.4 Å². The minimum atomic E-state index is -0.611. The van der Waals surface area contributed by atoms with Crippen LogP contribution >= 0.6 is 0 Å². The Kier molecular flexibility index (Phi) is 2.40. The molecule has 0 bridgehead atoms. The molecule has 0 radical (unpaired) electrons. The molecule has 0 aromatic carbocycles. The molecule has 12 heavy (non-hydrogen) atoms. The Balaban J connectivity index is 2.76. The van der Waals surface area contributed by atoms with Crippen molar-refractivity contribution < 1.29 is 14.3 Å². The lowest BCUT2D eigenvalue weighted by Gasteiger charge is -2.30. The summed E-state index contributed by atoms with van der Waals surface area (Å²) in [5.41, 5.74) is 0.537. The van der Waals surface area contributed by atoms with Gasteiger partial charge in [0.2, 0.25) is 0 Å². The largest absolute Gasteiger partial charge is 0.514 e. The summed E-state index contributed by atoms with van der Waals surface area (Å²) in [7, 11) is 0. The number of ether oxygens (including phenoxy) is 2. The summed E-state index contributed by atoms with van der Waals surface area (Å²) >= 11 is 0. The number of hydrogen-bond acceptors (Lipinski definition) is 3. The van der Waals surface area contributed by atoms with Gasteiger partial charge in [-0.1, -0.05) is 13.3 Å². The maximum atomic E-state index is 10.7. The van der Waals surface area contributed by atoms with Crippen LogP contribution in [0.4, 0.5) is 4.79 Å². The highest BCUT2D eigenvalue weighted by molar-refractivity contribution is 5.63. The molecular formula is C9H14O3. The number of carbonyl (C=O) groups excluding carboxylic acids is 1. The standard InChI is InChI=1S/C9H14O3/c1-4-5-7-6-11-8(10)12-9(7,2)3/h6H,4-5H2,1-3H3. The lowest BCUT2D eigenvalue weighted by molar-refractivity contribution is 0.0000303. The van der Waals surface area contributed by atoms with E-state index < -0.39 is 11.8 Å². The smallest absolute Gasteiger partial charge is 0.423 e. The van der Waals surface area contributed by atoms with Crippen LogP contribution in [0.1, 0.15) is 33.6 Å². The molecule has 0 aromatic rings. The number of hydrogen-bond donors (Lipinski definition) is 0. The van der Waals surface area contributed by atoms with Crippen LogP contribution in [0.15, 0.2) is 11.8 Å². The van der Waals surface area contributed by atoms with Crippen LogP contribution in [-0.2, 0) is 9.47 Å². The predicted octanol–water partition coefficient (Wildman–Crippen LogP) is 2.62. The van der Waals surface area contributed by atoms with Gasteiger partial charge >= 0.3 is 6.16 Å². The molecule has 1 rings (SSSR count). The van der Waals surface area contributed by atoms with Crippen molar-refractivity contribution in [3.05, 3.63) is 11.8 Å². The number of cyclic esters (lactones) is 2. The van der Waals surface area contributed by atoms with Gasteiger partial charge in [0.1, 0.15) is 11.9 Å². The van der Waals surface area contributed by atoms with Crippen molar-refractivity contribution in [3.8, 4) is 0 Å². The van der Waals surface area contributed by atoms with Crippen molar-refractivity contribution in [2.45, 2.75) is 39.2 Å². The Morgan fingerprint density at radius 1 is 1.50 bits per heavy atom. The second-order valence-electron chi connectivity index (χ2n) is 3.37. The van der Waals surface area contributed by atoms with E-state index in [1.165, 1.54) is 6.26 Å². The Morgan fingerprint density at radius 3 is 2.67 bits per heavy atom. The summed E-state index contributed by atoms with van der Waals surface area (Å²) in [6.07, 6.45) is 2.83. The molecule has 0 spiro atoms. The van der Waals surface area contributed by atoms with E-state index in [2.05, 4.69) is 11.7 Å². The van der Waals surface area contributed by atoms with E-state index in [9.17, 15) is 4.79 Å². The molecule has 0 atom stereocenters. The van der Waals surface area contributed by atoms with Crippen LogP contribution in [0, 0.1) is 0 Å². The first-order valence-corrected chi connectivity index (χ1v) is 4.15. The SMILES string of the molecule is CCCC1=COC(=O)OC1(C)C. The third kappa shape index (κ3) is 1.78. The Morgan fingerprint density at radius 2 is 2.17 bits per heavy atom. The van der Waals surface area contributed by atoms with Crippen molar-refractivity contribution >= 4 is 6.16 Å². The second-order valence-corrected chi connectivity index (χ2v) is 3.37. The molecule has 68 valence electrons. The summed E-state index contributed by atoms with van der Waals surface area (Å²) in [6, 6.07) is 0. The molecule has 3 heteroatoms. The summed E-state index contributed by atoms with van der Waals surface area (Å²) < 4.78 is 9.66. The third-order valence-corrected chi connectivity index (χ3v) is 1.93. The second kappa shape index (κ2) is 3.17. The van der Waals surface area contributed by atoms with Crippen molar-refractivity contribution in [1.82, 2.24) is 0 Å². The summed E-state index contributed by atoms with van der Waals surface area (Å²) in [5, 5.41) is 0. The minimum Gasteiger partial charge on any atom is -0.423 e. The molecule has 1 heterocycles. The fourth-order valence-electron chi connectivity index (χ4n) is 1.19. The van der Waals surface area contributed by atoms with Gasteiger partial charge in [-0.25, -0.2) is 4.79 Å². The number of rotatable bonds is 2. The van der Waals surface area contributed by atoms with E-state index in [4.69, 9.17) is 4.74 Å². The summed E-state index contributed by atoms with van der Waals surface area (Å²) in [4.78, 5) is 10.7. The first kappa shape index (κ1) is 9.10. The summed E-state index contributed by atoms with van der Waals surface area (Å²) in [5.74, 6) is 0. The topological polar surface area (TPSA) is 35.5 Å². The highest BCUT2D eigenvalue weighted by Crippen LogP contribution is 2.28. The zero-order valence-electron chi connectivity index (χ0n) is 7.72. The molecule has 0 aliphatic carbocycles. The summed E-state index contributed by atoms with van der Waals surface area (Å²) in [6.45, 7) is 5.82. The maximum Gasteiger partial charge on any atom is 0.514 e. The lowest BCUT2D eigenvalue weighted by atomic mass is 9.95. The zero-order valence-corrected chi connectivity index (χ0v) is 7.72. The fourth-order valence-corrected chi connectivity index (χ4v) is 1.19. The van der Waals surface area contributed by atoms with Crippen LogP contribution in [0.5, 0.6) is 0 Å². The van der Waals surface area contributed by atoms with Gasteiger partial charge in [-0.05, 0) is 20.3 Å². The molecule has 1 aliphatic heterocycles. The van der Waals surface area contributed by atoms with Crippen molar-refractivity contribution in [3.63, 3.8) is 0 Å². The van der Waals surface area contributed by atoms with E-state index in [1.54, 1.807) is 0 Å². The van der Waals surface area contributed by atoms with Gasteiger partial charge in [0.25, 0.3) is 0 Å². The molecule has 0 aromatic heterocycles. The minimum absolute atomic E-state index is 0.495. The van der Waals surface area contributed by atoms with Crippen molar-refractivity contribution in [2.75, 3.05) is 0 Å². The van der Waals surface area contributed by atoms with E-state index in [1.807, 2.05) is 13.8 Å². The predicted molar refractivity (Wildman–Crippen MR) is 44.6 cm³/mol. The highest BCUT2D eigenvalue weighted by atomic mass is 16.7. The van der Waals surface area contributed by atoms with Crippen LogP contribution < -0.4 is 0 Å². The first-order valence-electron chi connectivity index (χ1n) is 4.15. The van der Waals surface area contributed by atoms with Crippen LogP contribution in [-0.4, -0.2) is 11.8 Å². The van der Waals surface area contributed by atoms with Gasteiger partial charge in [0.15, 0.2) is 0 Å². The molecule has 0 unspecified atom stereocenters. The van der Waals surface area contributed by atoms with E-state index >= 15 is 0 Å². The molecule has 0 N–H and O–H groups in total. The fraction of sp³-hybridized carbons (Fsp3) is 0.667. The van der Waals surface area contributed by atoms with Crippen molar-refractivity contribution in [1.29, 1.82) is 0 Å². The van der Waals surface area contributed by atoms with Crippen LogP contribution in [0.2, 0.25) is 0 Å². The van der Waals surface area contributed by atoms with Gasteiger partial charge in [-0.3, -0.25) is 0 Å². The first-order chi connectivity index (χ1) is 5.56. The van der Waals surface area contributed by atoms with Crippen molar-refractivity contribution in [2.24, 2.45) is 0 Å². The molecule has 0 saturated heterocycles. The normalized spacial score (nSPS) is 20.9. The van der Waals surface area contributed by atoms with Gasteiger partial charge in [0.05, 0.1) is 0 Å². The van der Waals surface area contributed by atoms with Gasteiger partial charge in [0, 0.05) is 5.57 Å². The average molecular weight is 170 g/mol. The van der Waals surface area contributed by atoms with Gasteiger partial charge < -0.3 is 9.47 Å². The molecule has 0 saturated carbocycles. The van der Waals surface area contributed by atoms with E-state index in [-0.39, 0.29) is 0 Å². The third-order valence-electron chi connectivity index (χ3n) is 1.93. The Bertz CT molecular complexity index is 216. The van der Waals surface area contributed by atoms with Crippen LogP contribution in [0.3, 0.4) is 0 Å². The van der Waals surface area contributed by atoms with Crippen LogP contribution in [0.25, 0.3) is 0 Å².